The maximum absolute atomic E-state index is 14.0. The summed E-state index contributed by atoms with van der Waals surface area (Å²) in [7, 11) is 4.53. The van der Waals surface area contributed by atoms with Crippen molar-refractivity contribution in [3.63, 3.8) is 0 Å². The SMILES string of the molecule is COc1cc(NC(=O)CCN2CCN(C(=O)c3cc(Cl)ccc3F)CC2)cc(OC)c1OC. The Morgan fingerprint density at radius 3 is 2.21 bits per heavy atom. The molecule has 2 aromatic rings. The van der Waals surface area contributed by atoms with Gasteiger partial charge in [-0.2, -0.15) is 0 Å². The van der Waals surface area contributed by atoms with Gasteiger partial charge in [-0.3, -0.25) is 14.5 Å². The molecule has 178 valence electrons. The number of carbonyl (C=O) groups excluding carboxylic acids is 2. The summed E-state index contributed by atoms with van der Waals surface area (Å²) in [4.78, 5) is 28.8. The lowest BCUT2D eigenvalue weighted by atomic mass is 10.1. The number of methoxy groups -OCH3 is 3. The maximum atomic E-state index is 14.0. The van der Waals surface area contributed by atoms with E-state index in [1.807, 2.05) is 0 Å². The van der Waals surface area contributed by atoms with Crippen LogP contribution in [0.25, 0.3) is 0 Å². The molecule has 0 atom stereocenters. The topological polar surface area (TPSA) is 80.3 Å². The van der Waals surface area contributed by atoms with Crippen LogP contribution in [0.1, 0.15) is 16.8 Å². The number of anilines is 1. The van der Waals surface area contributed by atoms with Crippen LogP contribution in [-0.2, 0) is 4.79 Å². The molecule has 8 nitrogen and oxygen atoms in total. The van der Waals surface area contributed by atoms with E-state index in [4.69, 9.17) is 25.8 Å². The number of amides is 2. The third-order valence-electron chi connectivity index (χ3n) is 5.42. The molecule has 0 aromatic heterocycles. The number of hydrogen-bond donors (Lipinski definition) is 1. The lowest BCUT2D eigenvalue weighted by molar-refractivity contribution is -0.116. The van der Waals surface area contributed by atoms with Crippen molar-refractivity contribution in [2.75, 3.05) is 59.4 Å². The second-order valence-corrected chi connectivity index (χ2v) is 7.91. The molecular formula is C23H27ClFN3O5. The smallest absolute Gasteiger partial charge is 0.256 e. The minimum atomic E-state index is -0.588. The highest BCUT2D eigenvalue weighted by atomic mass is 35.5. The molecule has 1 heterocycles. The number of hydrogen-bond acceptors (Lipinski definition) is 6. The largest absolute Gasteiger partial charge is 0.493 e. The van der Waals surface area contributed by atoms with Gasteiger partial charge in [-0.25, -0.2) is 4.39 Å². The van der Waals surface area contributed by atoms with E-state index >= 15 is 0 Å². The van der Waals surface area contributed by atoms with Crippen molar-refractivity contribution in [3.05, 3.63) is 46.7 Å². The fraction of sp³-hybridized carbons (Fsp3) is 0.391. The summed E-state index contributed by atoms with van der Waals surface area (Å²) in [6.07, 6.45) is 0.271. The number of rotatable bonds is 8. The molecule has 0 spiro atoms. The molecular weight excluding hydrogens is 453 g/mol. The van der Waals surface area contributed by atoms with Gasteiger partial charge >= 0.3 is 0 Å². The molecule has 1 N–H and O–H groups in total. The van der Waals surface area contributed by atoms with Gasteiger partial charge in [0.15, 0.2) is 11.5 Å². The summed E-state index contributed by atoms with van der Waals surface area (Å²) in [5, 5.41) is 3.16. The first kappa shape index (κ1) is 24.6. The molecule has 1 fully saturated rings. The zero-order valence-corrected chi connectivity index (χ0v) is 19.6. The number of carbonyl (C=O) groups is 2. The van der Waals surface area contributed by atoms with E-state index < -0.39 is 5.82 Å². The Kier molecular flexibility index (Phi) is 8.35. The Labute approximate surface area is 197 Å². The zero-order valence-electron chi connectivity index (χ0n) is 18.8. The molecule has 0 aliphatic carbocycles. The third-order valence-corrected chi connectivity index (χ3v) is 5.66. The standard InChI is InChI=1S/C23H27ClFN3O5/c1-31-19-13-16(14-20(32-2)22(19)33-3)26-21(29)6-7-27-8-10-28(11-9-27)23(30)17-12-15(24)4-5-18(17)25/h4-5,12-14H,6-11H2,1-3H3,(H,26,29). The average molecular weight is 480 g/mol. The van der Waals surface area contributed by atoms with Crippen molar-refractivity contribution in [1.82, 2.24) is 9.80 Å². The first-order valence-corrected chi connectivity index (χ1v) is 10.8. The molecule has 0 radical (unpaired) electrons. The second kappa shape index (κ2) is 11.2. The Balaban J connectivity index is 1.50. The predicted molar refractivity (Wildman–Crippen MR) is 123 cm³/mol. The van der Waals surface area contributed by atoms with E-state index in [-0.39, 0.29) is 23.8 Å². The summed E-state index contributed by atoms with van der Waals surface area (Å²) in [6, 6.07) is 7.28. The van der Waals surface area contributed by atoms with Gasteiger partial charge < -0.3 is 24.4 Å². The molecule has 1 aliphatic heterocycles. The summed E-state index contributed by atoms with van der Waals surface area (Å²) in [6.45, 7) is 2.60. The minimum Gasteiger partial charge on any atom is -0.493 e. The zero-order chi connectivity index (χ0) is 24.0. The Morgan fingerprint density at radius 2 is 1.64 bits per heavy atom. The number of ether oxygens (including phenoxy) is 3. The molecule has 0 saturated carbocycles. The first-order valence-electron chi connectivity index (χ1n) is 10.4. The highest BCUT2D eigenvalue weighted by Gasteiger charge is 2.24. The van der Waals surface area contributed by atoms with Gasteiger partial charge in [0.05, 0.1) is 26.9 Å². The lowest BCUT2D eigenvalue weighted by Crippen LogP contribution is -2.49. The van der Waals surface area contributed by atoms with Crippen LogP contribution in [0.5, 0.6) is 17.2 Å². The number of piperazine rings is 1. The van der Waals surface area contributed by atoms with Crippen molar-refractivity contribution in [3.8, 4) is 17.2 Å². The van der Waals surface area contributed by atoms with E-state index in [9.17, 15) is 14.0 Å². The number of halogens is 2. The van der Waals surface area contributed by atoms with Crippen LogP contribution in [-0.4, -0.2) is 75.7 Å². The summed E-state index contributed by atoms with van der Waals surface area (Å²) >= 11 is 5.90. The first-order chi connectivity index (χ1) is 15.9. The Bertz CT molecular complexity index is 987. The van der Waals surface area contributed by atoms with Crippen molar-refractivity contribution in [2.24, 2.45) is 0 Å². The van der Waals surface area contributed by atoms with E-state index in [2.05, 4.69) is 10.2 Å². The fourth-order valence-corrected chi connectivity index (χ4v) is 3.81. The average Bonchev–Trinajstić information content (AvgIpc) is 2.83. The molecule has 0 bridgehead atoms. The molecule has 3 rings (SSSR count). The van der Waals surface area contributed by atoms with Gasteiger partial charge in [0.2, 0.25) is 11.7 Å². The van der Waals surface area contributed by atoms with E-state index in [0.29, 0.717) is 60.7 Å². The van der Waals surface area contributed by atoms with Gasteiger partial charge in [0.1, 0.15) is 5.82 Å². The molecule has 0 unspecified atom stereocenters. The highest BCUT2D eigenvalue weighted by molar-refractivity contribution is 6.31. The van der Waals surface area contributed by atoms with Crippen molar-refractivity contribution in [2.45, 2.75) is 6.42 Å². The molecule has 33 heavy (non-hydrogen) atoms. The van der Waals surface area contributed by atoms with Crippen LogP contribution in [0.15, 0.2) is 30.3 Å². The molecule has 1 saturated heterocycles. The summed E-state index contributed by atoms with van der Waals surface area (Å²) in [5.74, 6) is 0.213. The third kappa shape index (κ3) is 6.06. The summed E-state index contributed by atoms with van der Waals surface area (Å²) < 4.78 is 29.9. The van der Waals surface area contributed by atoms with E-state index in [1.54, 1.807) is 17.0 Å². The quantitative estimate of drug-likeness (QED) is 0.626. The van der Waals surface area contributed by atoms with Crippen LogP contribution >= 0.6 is 11.6 Å². The van der Waals surface area contributed by atoms with Crippen LogP contribution in [0, 0.1) is 5.82 Å². The van der Waals surface area contributed by atoms with Crippen LogP contribution < -0.4 is 19.5 Å². The fourth-order valence-electron chi connectivity index (χ4n) is 3.64. The molecule has 2 aromatic carbocycles. The maximum Gasteiger partial charge on any atom is 0.256 e. The van der Waals surface area contributed by atoms with Crippen LogP contribution in [0.2, 0.25) is 5.02 Å². The lowest BCUT2D eigenvalue weighted by Gasteiger charge is -2.34. The normalized spacial score (nSPS) is 14.0. The summed E-state index contributed by atoms with van der Waals surface area (Å²) in [5.41, 5.74) is 0.508. The van der Waals surface area contributed by atoms with Gasteiger partial charge in [-0.1, -0.05) is 11.6 Å². The monoisotopic (exact) mass is 479 g/mol. The minimum absolute atomic E-state index is 0.0272. The molecule has 1 aliphatic rings. The Morgan fingerprint density at radius 1 is 1.00 bits per heavy atom. The van der Waals surface area contributed by atoms with Crippen LogP contribution in [0.3, 0.4) is 0 Å². The van der Waals surface area contributed by atoms with E-state index in [1.165, 1.54) is 39.5 Å². The van der Waals surface area contributed by atoms with Gasteiger partial charge in [-0.05, 0) is 18.2 Å². The van der Waals surface area contributed by atoms with Gasteiger partial charge in [0.25, 0.3) is 5.91 Å². The second-order valence-electron chi connectivity index (χ2n) is 7.47. The number of benzene rings is 2. The van der Waals surface area contributed by atoms with Gasteiger partial charge in [0, 0.05) is 62.0 Å². The Hall–Kier alpha value is -3.04. The van der Waals surface area contributed by atoms with Gasteiger partial charge in [-0.15, -0.1) is 0 Å². The highest BCUT2D eigenvalue weighted by Crippen LogP contribution is 2.39. The van der Waals surface area contributed by atoms with Crippen molar-refractivity contribution < 1.29 is 28.2 Å². The molecule has 10 heteroatoms. The van der Waals surface area contributed by atoms with Crippen molar-refractivity contribution >= 4 is 29.1 Å². The van der Waals surface area contributed by atoms with Crippen molar-refractivity contribution in [1.29, 1.82) is 0 Å². The molecule has 2 amide bonds. The predicted octanol–water partition coefficient (Wildman–Crippen LogP) is 3.29. The number of nitrogens with one attached hydrogen (secondary N) is 1. The van der Waals surface area contributed by atoms with Crippen LogP contribution in [0.4, 0.5) is 10.1 Å². The van der Waals surface area contributed by atoms with E-state index in [0.717, 1.165) is 0 Å². The number of nitrogens with zero attached hydrogens (tertiary/aromatic N) is 2.